The first-order valence-corrected chi connectivity index (χ1v) is 7.18. The summed E-state index contributed by atoms with van der Waals surface area (Å²) < 4.78 is 15.7. The van der Waals surface area contributed by atoms with Crippen LogP contribution in [0, 0.1) is 0 Å². The maximum Gasteiger partial charge on any atom is 0.257 e. The third kappa shape index (κ3) is 3.78. The van der Waals surface area contributed by atoms with Crippen LogP contribution in [0.3, 0.4) is 0 Å². The fraction of sp³-hybridized carbons (Fsp3) is 0.200. The molecule has 0 spiro atoms. The molecule has 23 heavy (non-hydrogen) atoms. The summed E-state index contributed by atoms with van der Waals surface area (Å²) in [6, 6.07) is 4.67. The van der Waals surface area contributed by atoms with E-state index in [1.807, 2.05) is 0 Å². The predicted molar refractivity (Wildman–Crippen MR) is 88.3 cm³/mol. The monoisotopic (exact) mass is 356 g/mol. The van der Waals surface area contributed by atoms with Crippen molar-refractivity contribution in [1.29, 1.82) is 0 Å². The van der Waals surface area contributed by atoms with E-state index in [0.717, 1.165) is 0 Å². The highest BCUT2D eigenvalue weighted by molar-refractivity contribution is 6.41. The van der Waals surface area contributed by atoms with Gasteiger partial charge in [-0.05, 0) is 6.07 Å². The summed E-state index contributed by atoms with van der Waals surface area (Å²) in [5.41, 5.74) is 0.740. The van der Waals surface area contributed by atoms with E-state index in [2.05, 4.69) is 10.3 Å². The van der Waals surface area contributed by atoms with Gasteiger partial charge in [0, 0.05) is 24.0 Å². The summed E-state index contributed by atoms with van der Waals surface area (Å²) in [5.74, 6) is 0.887. The fourth-order valence-corrected chi connectivity index (χ4v) is 2.17. The van der Waals surface area contributed by atoms with Crippen molar-refractivity contribution in [3.8, 4) is 17.2 Å². The molecule has 0 saturated carbocycles. The van der Waals surface area contributed by atoms with E-state index in [9.17, 15) is 4.79 Å². The molecule has 0 unspecified atom stereocenters. The Morgan fingerprint density at radius 3 is 2.13 bits per heavy atom. The van der Waals surface area contributed by atoms with Gasteiger partial charge in [-0.3, -0.25) is 4.79 Å². The summed E-state index contributed by atoms with van der Waals surface area (Å²) in [5, 5.41) is 3.04. The molecule has 0 radical (unpaired) electrons. The Hall–Kier alpha value is -2.18. The summed E-state index contributed by atoms with van der Waals surface area (Å²) in [6.45, 7) is 0. The predicted octanol–water partition coefficient (Wildman–Crippen LogP) is 3.67. The van der Waals surface area contributed by atoms with E-state index in [1.165, 1.54) is 33.6 Å². The molecule has 0 atom stereocenters. The van der Waals surface area contributed by atoms with Crippen molar-refractivity contribution in [2.75, 3.05) is 26.6 Å². The van der Waals surface area contributed by atoms with Gasteiger partial charge in [0.15, 0.2) is 11.5 Å². The number of carbonyl (C=O) groups excluding carboxylic acids is 1. The van der Waals surface area contributed by atoms with E-state index >= 15 is 0 Å². The van der Waals surface area contributed by atoms with Gasteiger partial charge < -0.3 is 19.5 Å². The molecule has 2 aromatic rings. The molecule has 1 N–H and O–H groups in total. The second kappa shape index (κ2) is 7.39. The molecule has 1 aromatic heterocycles. The van der Waals surface area contributed by atoms with Crippen molar-refractivity contribution in [3.05, 3.63) is 40.1 Å². The number of amides is 1. The Bertz CT molecular complexity index is 712. The van der Waals surface area contributed by atoms with Crippen LogP contribution in [0.1, 0.15) is 10.4 Å². The van der Waals surface area contributed by atoms with Gasteiger partial charge in [-0.2, -0.15) is 0 Å². The molecule has 1 heterocycles. The molecule has 2 rings (SSSR count). The van der Waals surface area contributed by atoms with Gasteiger partial charge in [0.1, 0.15) is 5.15 Å². The Morgan fingerprint density at radius 2 is 1.65 bits per heavy atom. The van der Waals surface area contributed by atoms with Crippen LogP contribution in [0.15, 0.2) is 24.4 Å². The molecule has 0 saturated heterocycles. The SMILES string of the molecule is COc1cc(NC(=O)c2cnc(Cl)c(Cl)c2)cc(OC)c1OC. The number of hydrogen-bond donors (Lipinski definition) is 1. The highest BCUT2D eigenvalue weighted by Gasteiger charge is 2.15. The van der Waals surface area contributed by atoms with Crippen LogP contribution in [0.25, 0.3) is 0 Å². The van der Waals surface area contributed by atoms with Crippen molar-refractivity contribution >= 4 is 34.8 Å². The lowest BCUT2D eigenvalue weighted by molar-refractivity contribution is 0.102. The van der Waals surface area contributed by atoms with Crippen LogP contribution in [0.4, 0.5) is 5.69 Å². The average molecular weight is 357 g/mol. The van der Waals surface area contributed by atoms with Crippen LogP contribution >= 0.6 is 23.2 Å². The molecule has 0 aliphatic heterocycles. The van der Waals surface area contributed by atoms with Gasteiger partial charge in [0.25, 0.3) is 5.91 Å². The van der Waals surface area contributed by atoms with Gasteiger partial charge in [-0.25, -0.2) is 4.98 Å². The summed E-state index contributed by atoms with van der Waals surface area (Å²) >= 11 is 11.6. The fourth-order valence-electron chi connectivity index (χ4n) is 1.90. The number of pyridine rings is 1. The lowest BCUT2D eigenvalue weighted by Crippen LogP contribution is -2.12. The van der Waals surface area contributed by atoms with E-state index in [-0.39, 0.29) is 15.7 Å². The summed E-state index contributed by atoms with van der Waals surface area (Å²) in [6.07, 6.45) is 1.33. The molecule has 8 heteroatoms. The molecular formula is C15H14Cl2N2O4. The Kier molecular flexibility index (Phi) is 5.52. The second-order valence-corrected chi connectivity index (χ2v) is 5.13. The van der Waals surface area contributed by atoms with E-state index in [4.69, 9.17) is 37.4 Å². The zero-order valence-corrected chi connectivity index (χ0v) is 14.2. The van der Waals surface area contributed by atoms with Crippen molar-refractivity contribution in [2.45, 2.75) is 0 Å². The number of anilines is 1. The van der Waals surface area contributed by atoms with Crippen molar-refractivity contribution in [2.24, 2.45) is 0 Å². The number of hydrogen-bond acceptors (Lipinski definition) is 5. The van der Waals surface area contributed by atoms with Crippen LogP contribution in [-0.2, 0) is 0 Å². The van der Waals surface area contributed by atoms with Gasteiger partial charge >= 0.3 is 0 Å². The first-order valence-electron chi connectivity index (χ1n) is 6.42. The largest absolute Gasteiger partial charge is 0.493 e. The lowest BCUT2D eigenvalue weighted by Gasteiger charge is -2.14. The van der Waals surface area contributed by atoms with Crippen molar-refractivity contribution in [3.63, 3.8) is 0 Å². The smallest absolute Gasteiger partial charge is 0.257 e. The summed E-state index contributed by atoms with van der Waals surface area (Å²) in [7, 11) is 4.48. The minimum atomic E-state index is -0.398. The molecule has 0 fully saturated rings. The molecule has 6 nitrogen and oxygen atoms in total. The number of halogens is 2. The number of aromatic nitrogens is 1. The minimum absolute atomic E-state index is 0.135. The molecule has 122 valence electrons. The first-order chi connectivity index (χ1) is 11.0. The number of carbonyl (C=O) groups is 1. The number of nitrogens with one attached hydrogen (secondary N) is 1. The number of methoxy groups -OCH3 is 3. The topological polar surface area (TPSA) is 69.7 Å². The quantitative estimate of drug-likeness (QED) is 0.827. The molecule has 0 aliphatic rings. The number of benzene rings is 1. The molecular weight excluding hydrogens is 343 g/mol. The van der Waals surface area contributed by atoms with Gasteiger partial charge in [-0.1, -0.05) is 23.2 Å². The molecule has 0 bridgehead atoms. The molecule has 1 amide bonds. The van der Waals surface area contributed by atoms with Crippen LogP contribution in [0.5, 0.6) is 17.2 Å². The number of rotatable bonds is 5. The van der Waals surface area contributed by atoms with E-state index < -0.39 is 5.91 Å². The third-order valence-electron chi connectivity index (χ3n) is 2.98. The van der Waals surface area contributed by atoms with Crippen molar-refractivity contribution in [1.82, 2.24) is 4.98 Å². The van der Waals surface area contributed by atoms with Crippen LogP contribution < -0.4 is 19.5 Å². The highest BCUT2D eigenvalue weighted by Crippen LogP contribution is 2.40. The molecule has 0 aliphatic carbocycles. The standard InChI is InChI=1S/C15H14Cl2N2O4/c1-21-11-5-9(6-12(22-2)13(11)23-3)19-15(20)8-4-10(16)14(17)18-7-8/h4-7H,1-3H3,(H,19,20). The Labute approximate surface area is 143 Å². The molecule has 1 aromatic carbocycles. The summed E-state index contributed by atoms with van der Waals surface area (Å²) in [4.78, 5) is 16.1. The Morgan fingerprint density at radius 1 is 1.04 bits per heavy atom. The van der Waals surface area contributed by atoms with Crippen LogP contribution in [-0.4, -0.2) is 32.2 Å². The van der Waals surface area contributed by atoms with Gasteiger partial charge in [0.05, 0.1) is 31.9 Å². The average Bonchev–Trinajstić information content (AvgIpc) is 2.56. The lowest BCUT2D eigenvalue weighted by atomic mass is 10.2. The normalized spacial score (nSPS) is 10.1. The third-order valence-corrected chi connectivity index (χ3v) is 3.67. The zero-order valence-electron chi connectivity index (χ0n) is 12.6. The second-order valence-electron chi connectivity index (χ2n) is 4.36. The Balaban J connectivity index is 2.31. The van der Waals surface area contributed by atoms with Crippen LogP contribution in [0.2, 0.25) is 10.2 Å². The van der Waals surface area contributed by atoms with Gasteiger partial charge in [0.2, 0.25) is 5.75 Å². The highest BCUT2D eigenvalue weighted by atomic mass is 35.5. The minimum Gasteiger partial charge on any atom is -0.493 e. The number of nitrogens with zero attached hydrogens (tertiary/aromatic N) is 1. The van der Waals surface area contributed by atoms with Crippen molar-refractivity contribution < 1.29 is 19.0 Å². The first kappa shape index (κ1) is 17.2. The van der Waals surface area contributed by atoms with E-state index in [0.29, 0.717) is 22.9 Å². The maximum atomic E-state index is 12.3. The number of ether oxygens (including phenoxy) is 3. The maximum absolute atomic E-state index is 12.3. The van der Waals surface area contributed by atoms with Gasteiger partial charge in [-0.15, -0.1) is 0 Å². The van der Waals surface area contributed by atoms with E-state index in [1.54, 1.807) is 12.1 Å². The zero-order chi connectivity index (χ0) is 17.0.